The summed E-state index contributed by atoms with van der Waals surface area (Å²) in [6, 6.07) is 27.2. The summed E-state index contributed by atoms with van der Waals surface area (Å²) in [7, 11) is 6.55. The number of benzene rings is 3. The molecule has 0 unspecified atom stereocenters. The number of ether oxygens (including phenoxy) is 6. The minimum Gasteiger partial charge on any atom is -0.497 e. The molecule has 1 radical (unpaired) electrons. The van der Waals surface area contributed by atoms with Gasteiger partial charge in [-0.05, 0) is 61.0 Å². The van der Waals surface area contributed by atoms with Gasteiger partial charge in [0.15, 0.2) is 18.6 Å². The van der Waals surface area contributed by atoms with Gasteiger partial charge in [-0.25, -0.2) is 14.0 Å². The first-order valence-corrected chi connectivity index (χ1v) is 19.2. The Morgan fingerprint density at radius 3 is 1.80 bits per heavy atom. The van der Waals surface area contributed by atoms with E-state index < -0.39 is 71.0 Å². The van der Waals surface area contributed by atoms with Crippen LogP contribution in [0.3, 0.4) is 0 Å². The number of methoxy groups -OCH3 is 3. The van der Waals surface area contributed by atoms with E-state index in [0.29, 0.717) is 24.6 Å². The molecule has 7 atom stereocenters. The predicted octanol–water partition coefficient (Wildman–Crippen LogP) is 3.40. The maximum absolute atomic E-state index is 16.9. The first-order valence-electron chi connectivity index (χ1n) is 19.2. The number of nitrogens with zero attached hydrogens (tertiary/aromatic N) is 3. The number of alkyl halides is 1. The number of hydrogen-bond acceptors (Lipinski definition) is 11. The Bertz CT molecular complexity index is 2350. The second-order valence-electron chi connectivity index (χ2n) is 14.5. The molecule has 2 saturated heterocycles. The molecule has 0 saturated carbocycles. The van der Waals surface area contributed by atoms with Gasteiger partial charge in [-0.1, -0.05) is 54.6 Å². The van der Waals surface area contributed by atoms with Gasteiger partial charge < -0.3 is 33.3 Å². The number of aromatic nitrogens is 4. The average molecular weight is 813 g/mol. The van der Waals surface area contributed by atoms with E-state index in [9.17, 15) is 19.2 Å². The number of aromatic amines is 2. The van der Waals surface area contributed by atoms with Gasteiger partial charge in [0.25, 0.3) is 11.1 Å². The summed E-state index contributed by atoms with van der Waals surface area (Å²) in [4.78, 5) is 55.6. The summed E-state index contributed by atoms with van der Waals surface area (Å²) >= 11 is 0. The van der Waals surface area contributed by atoms with Crippen LogP contribution in [0.1, 0.15) is 35.6 Å². The summed E-state index contributed by atoms with van der Waals surface area (Å²) in [5.41, 5.74) is -1.42. The van der Waals surface area contributed by atoms with Crippen LogP contribution in [0.5, 0.6) is 11.5 Å². The summed E-state index contributed by atoms with van der Waals surface area (Å²) in [6.45, 7) is 0.656. The lowest BCUT2D eigenvalue weighted by Gasteiger charge is -2.37. The van der Waals surface area contributed by atoms with Crippen LogP contribution in [0, 0.1) is 12.3 Å². The van der Waals surface area contributed by atoms with E-state index in [4.69, 9.17) is 28.4 Å². The van der Waals surface area contributed by atoms with Crippen LogP contribution in [-0.4, -0.2) is 96.6 Å². The fraction of sp³-hybridized carbons (Fsp3) is 0.372. The molecule has 2 aliphatic rings. The summed E-state index contributed by atoms with van der Waals surface area (Å²) in [5.74, 6) is 0.541. The van der Waals surface area contributed by atoms with Gasteiger partial charge in [0.1, 0.15) is 23.2 Å². The minimum absolute atomic E-state index is 0.0962. The molecule has 0 spiro atoms. The molecule has 3 aromatic carbocycles. The van der Waals surface area contributed by atoms with Gasteiger partial charge in [-0.2, -0.15) is 0 Å². The van der Waals surface area contributed by atoms with Crippen LogP contribution >= 0.6 is 0 Å². The Balaban J connectivity index is 1.17. The van der Waals surface area contributed by atoms with Gasteiger partial charge in [0.2, 0.25) is 0 Å². The van der Waals surface area contributed by atoms with Crippen LogP contribution in [0.4, 0.5) is 4.39 Å². The fourth-order valence-corrected chi connectivity index (χ4v) is 7.93. The molecule has 2 N–H and O–H groups in total. The van der Waals surface area contributed by atoms with E-state index >= 15 is 4.39 Å². The van der Waals surface area contributed by atoms with E-state index in [0.717, 1.165) is 27.3 Å². The average Bonchev–Trinajstić information content (AvgIpc) is 3.79. The monoisotopic (exact) mass is 812 g/mol. The highest BCUT2D eigenvalue weighted by Gasteiger charge is 2.48. The summed E-state index contributed by atoms with van der Waals surface area (Å²) < 4.78 is 55.5. The number of likely N-dealkylation sites (N-methyl/N-ethyl adjacent to an activating group) is 1. The van der Waals surface area contributed by atoms with Crippen molar-refractivity contribution in [1.82, 2.24) is 24.0 Å². The van der Waals surface area contributed by atoms with E-state index in [1.165, 1.54) is 30.1 Å². The molecular formula is C43H47FN5O10. The second kappa shape index (κ2) is 18.1. The number of nitrogens with one attached hydrogen (secondary N) is 2. The van der Waals surface area contributed by atoms with Crippen LogP contribution in [0.2, 0.25) is 0 Å². The van der Waals surface area contributed by atoms with Crippen molar-refractivity contribution in [1.29, 1.82) is 0 Å². The van der Waals surface area contributed by atoms with Gasteiger partial charge in [-0.15, -0.1) is 0 Å². The first-order chi connectivity index (χ1) is 28.5. The zero-order chi connectivity index (χ0) is 41.7. The predicted molar refractivity (Wildman–Crippen MR) is 214 cm³/mol. The quantitative estimate of drug-likeness (QED) is 0.140. The Hall–Kier alpha value is -5.65. The van der Waals surface area contributed by atoms with E-state index in [2.05, 4.69) is 9.97 Å². The highest BCUT2D eigenvalue weighted by Crippen LogP contribution is 2.44. The Kier molecular flexibility index (Phi) is 12.7. The standard InChI is InChI=1S/C43H47FN5O10/c1-47(25-32-24-34(56-4)39(58-32)48-22-19-36(50)45-41(48)52)21-18-33-35(59-40(38(33)44)49-23-20-37(51)46-42(49)53)26-57-43(27-8-6-5-7-9-27,28-10-14-30(54-2)15-11-28)29-12-16-31(55-3)17-13-29/h5-17,19-20,22-24,32-35,38-40H,18,21,25-26H2,1-4H3,(H,45,50,52)(H,46,51,53)/t32-,33-,34-,35-,38-,39-,40-/m1/s1. The van der Waals surface area contributed by atoms with Gasteiger partial charge in [-0.3, -0.25) is 28.7 Å². The number of rotatable bonds is 16. The van der Waals surface area contributed by atoms with Crippen molar-refractivity contribution in [2.75, 3.05) is 48.1 Å². The van der Waals surface area contributed by atoms with Crippen molar-refractivity contribution in [3.8, 4) is 11.5 Å². The number of hydrogen-bond donors (Lipinski definition) is 2. The molecule has 59 heavy (non-hydrogen) atoms. The Labute approximate surface area is 338 Å². The fourth-order valence-electron chi connectivity index (χ4n) is 7.93. The van der Waals surface area contributed by atoms with E-state index in [-0.39, 0.29) is 13.0 Å². The Morgan fingerprint density at radius 2 is 1.27 bits per heavy atom. The van der Waals surface area contributed by atoms with Gasteiger partial charge in [0, 0.05) is 50.5 Å². The molecule has 2 aliphatic heterocycles. The lowest BCUT2D eigenvalue weighted by molar-refractivity contribution is -0.0882. The van der Waals surface area contributed by atoms with Crippen LogP contribution in [-0.2, 0) is 24.5 Å². The van der Waals surface area contributed by atoms with Crippen molar-refractivity contribution in [2.45, 2.75) is 49.0 Å². The van der Waals surface area contributed by atoms with Crippen molar-refractivity contribution < 1.29 is 32.8 Å². The maximum atomic E-state index is 16.9. The molecule has 5 aromatic rings. The van der Waals surface area contributed by atoms with Crippen LogP contribution in [0.15, 0.2) is 123 Å². The first kappa shape index (κ1) is 41.5. The summed E-state index contributed by atoms with van der Waals surface area (Å²) in [5, 5.41) is 0. The molecule has 2 aromatic heterocycles. The van der Waals surface area contributed by atoms with Crippen molar-refractivity contribution in [3.05, 3.63) is 168 Å². The third kappa shape index (κ3) is 8.72. The molecule has 0 amide bonds. The smallest absolute Gasteiger partial charge is 0.330 e. The molecule has 15 nitrogen and oxygen atoms in total. The van der Waals surface area contributed by atoms with Crippen molar-refractivity contribution in [3.63, 3.8) is 0 Å². The minimum atomic E-state index is -1.67. The molecule has 7 rings (SSSR count). The largest absolute Gasteiger partial charge is 0.497 e. The van der Waals surface area contributed by atoms with Crippen LogP contribution in [0.25, 0.3) is 0 Å². The van der Waals surface area contributed by atoms with Crippen molar-refractivity contribution >= 4 is 0 Å². The van der Waals surface area contributed by atoms with Crippen LogP contribution < -0.4 is 32.0 Å². The molecule has 4 heterocycles. The third-order valence-corrected chi connectivity index (χ3v) is 11.0. The van der Waals surface area contributed by atoms with Crippen molar-refractivity contribution in [2.24, 2.45) is 5.92 Å². The molecule has 0 bridgehead atoms. The highest BCUT2D eigenvalue weighted by molar-refractivity contribution is 5.49. The normalized spacial score (nSPS) is 23.1. The molecular weight excluding hydrogens is 765 g/mol. The SMILES string of the molecule is COc1ccc(C(OC[C@H]2O[C@@H](n3ccc(=O)[nH]c3=O)[C@H](F)[C@@H]2CCN(C)C[C@H]2[CH][C@@H](OC)[C@H](n3ccc(=O)[nH]c3=O)O2)(c2ccccc2)c2ccc(OC)cc2)cc1. The number of halogens is 1. The molecule has 2 fully saturated rings. The molecule has 0 aliphatic carbocycles. The summed E-state index contributed by atoms with van der Waals surface area (Å²) in [6.07, 6.45) is -1.00. The highest BCUT2D eigenvalue weighted by atomic mass is 19.1. The van der Waals surface area contributed by atoms with Gasteiger partial charge in [0.05, 0.1) is 33.0 Å². The Morgan fingerprint density at radius 1 is 0.729 bits per heavy atom. The second-order valence-corrected chi connectivity index (χ2v) is 14.5. The number of H-pyrrole nitrogens is 2. The zero-order valence-electron chi connectivity index (χ0n) is 33.1. The topological polar surface area (TPSA) is 168 Å². The molecule has 16 heteroatoms. The molecule has 311 valence electrons. The lowest BCUT2D eigenvalue weighted by atomic mass is 9.80. The lowest BCUT2D eigenvalue weighted by Crippen LogP contribution is -2.38. The van der Waals surface area contributed by atoms with E-state index in [1.54, 1.807) is 14.2 Å². The van der Waals surface area contributed by atoms with Gasteiger partial charge >= 0.3 is 11.4 Å². The third-order valence-electron chi connectivity index (χ3n) is 11.0. The van der Waals surface area contributed by atoms with E-state index in [1.807, 2.05) is 97.2 Å². The maximum Gasteiger partial charge on any atom is 0.330 e. The zero-order valence-corrected chi connectivity index (χ0v) is 33.1.